The van der Waals surface area contributed by atoms with Gasteiger partial charge < -0.3 is 10.4 Å². The van der Waals surface area contributed by atoms with E-state index in [0.717, 1.165) is 5.56 Å². The predicted octanol–water partition coefficient (Wildman–Crippen LogP) is 4.73. The second kappa shape index (κ2) is 12.5. The Labute approximate surface area is 190 Å². The van der Waals surface area contributed by atoms with Crippen LogP contribution < -0.4 is 5.32 Å². The largest absolute Gasteiger partial charge is 0.481 e. The first-order valence-corrected chi connectivity index (χ1v) is 10.7. The quantitative estimate of drug-likeness (QED) is 0.440. The lowest BCUT2D eigenvalue weighted by atomic mass is 10.1. The zero-order valence-electron chi connectivity index (χ0n) is 17.7. The van der Waals surface area contributed by atoms with Crippen LogP contribution in [-0.4, -0.2) is 41.5 Å². The predicted molar refractivity (Wildman–Crippen MR) is 116 cm³/mol. The van der Waals surface area contributed by atoms with E-state index in [4.69, 9.17) is 16.7 Å². The number of nitrogens with zero attached hydrogens (tertiary/aromatic N) is 1. The molecule has 0 bridgehead atoms. The van der Waals surface area contributed by atoms with E-state index >= 15 is 0 Å². The summed E-state index contributed by atoms with van der Waals surface area (Å²) in [5.74, 6) is -4.67. The average molecular weight is 471 g/mol. The molecule has 2 aromatic carbocycles. The molecule has 32 heavy (non-hydrogen) atoms. The van der Waals surface area contributed by atoms with Crippen molar-refractivity contribution in [3.8, 4) is 0 Å². The number of amides is 1. The second-order valence-corrected chi connectivity index (χ2v) is 7.93. The first-order chi connectivity index (χ1) is 15.2. The van der Waals surface area contributed by atoms with Gasteiger partial charge in [0, 0.05) is 48.3 Å². The zero-order chi connectivity index (χ0) is 23.7. The van der Waals surface area contributed by atoms with E-state index in [9.17, 15) is 22.8 Å². The van der Waals surface area contributed by atoms with Crippen molar-refractivity contribution in [2.75, 3.05) is 19.6 Å². The van der Waals surface area contributed by atoms with Gasteiger partial charge in [0.1, 0.15) is 17.5 Å². The molecular formula is C23H26ClF3N2O3. The van der Waals surface area contributed by atoms with Gasteiger partial charge in [-0.1, -0.05) is 23.7 Å². The molecule has 0 aliphatic heterocycles. The number of carboxylic acid groups (broad SMARTS) is 1. The third-order valence-electron chi connectivity index (χ3n) is 5.12. The Balaban J connectivity index is 1.89. The minimum absolute atomic E-state index is 0.000768. The van der Waals surface area contributed by atoms with Gasteiger partial charge in [0.2, 0.25) is 5.91 Å². The van der Waals surface area contributed by atoms with Crippen LogP contribution in [0.5, 0.6) is 0 Å². The molecule has 0 aromatic heterocycles. The number of rotatable bonds is 12. The maximum atomic E-state index is 13.7. The first kappa shape index (κ1) is 25.7. The van der Waals surface area contributed by atoms with Gasteiger partial charge in [-0.15, -0.1) is 0 Å². The Hall–Kier alpha value is -2.58. The van der Waals surface area contributed by atoms with Crippen molar-refractivity contribution in [1.82, 2.24) is 10.2 Å². The van der Waals surface area contributed by atoms with Crippen LogP contribution in [0.4, 0.5) is 13.2 Å². The molecule has 0 heterocycles. The molecule has 0 aliphatic rings. The van der Waals surface area contributed by atoms with E-state index in [2.05, 4.69) is 10.2 Å². The number of benzene rings is 2. The molecule has 2 rings (SSSR count). The highest BCUT2D eigenvalue weighted by Crippen LogP contribution is 2.23. The Morgan fingerprint density at radius 3 is 2.25 bits per heavy atom. The Bertz CT molecular complexity index is 902. The van der Waals surface area contributed by atoms with Crippen LogP contribution in [0, 0.1) is 17.5 Å². The molecule has 0 saturated heterocycles. The van der Waals surface area contributed by atoms with Gasteiger partial charge in [-0.3, -0.25) is 14.5 Å². The molecule has 0 fully saturated rings. The maximum Gasteiger partial charge on any atom is 0.303 e. The van der Waals surface area contributed by atoms with Gasteiger partial charge in [0.25, 0.3) is 0 Å². The number of carbonyl (C=O) groups is 2. The number of hydrogen-bond acceptors (Lipinski definition) is 3. The van der Waals surface area contributed by atoms with Gasteiger partial charge in [-0.2, -0.15) is 0 Å². The van der Waals surface area contributed by atoms with Crippen molar-refractivity contribution in [2.24, 2.45) is 0 Å². The first-order valence-electron chi connectivity index (χ1n) is 10.3. The van der Waals surface area contributed by atoms with E-state index in [1.807, 2.05) is 19.1 Å². The molecule has 174 valence electrons. The molecular weight excluding hydrogens is 445 g/mol. The van der Waals surface area contributed by atoms with Crippen LogP contribution in [-0.2, 0) is 16.0 Å². The fraction of sp³-hybridized carbons (Fsp3) is 0.391. The molecule has 0 aliphatic carbocycles. The van der Waals surface area contributed by atoms with Crippen molar-refractivity contribution in [1.29, 1.82) is 0 Å². The monoisotopic (exact) mass is 470 g/mol. The summed E-state index contributed by atoms with van der Waals surface area (Å²) in [5.41, 5.74) is 0.548. The van der Waals surface area contributed by atoms with Gasteiger partial charge in [0.05, 0.1) is 6.42 Å². The summed E-state index contributed by atoms with van der Waals surface area (Å²) >= 11 is 5.95. The lowest BCUT2D eigenvalue weighted by Crippen LogP contribution is -2.33. The summed E-state index contributed by atoms with van der Waals surface area (Å²) in [4.78, 5) is 25.0. The van der Waals surface area contributed by atoms with E-state index < -0.39 is 41.3 Å². The highest BCUT2D eigenvalue weighted by molar-refractivity contribution is 6.30. The summed E-state index contributed by atoms with van der Waals surface area (Å²) in [5, 5.41) is 12.1. The number of carbonyl (C=O) groups excluding carboxylic acids is 1. The van der Waals surface area contributed by atoms with Crippen molar-refractivity contribution < 1.29 is 27.9 Å². The van der Waals surface area contributed by atoms with Gasteiger partial charge >= 0.3 is 5.97 Å². The van der Waals surface area contributed by atoms with Crippen molar-refractivity contribution in [3.05, 3.63) is 70.0 Å². The van der Waals surface area contributed by atoms with E-state index in [0.29, 0.717) is 43.1 Å². The van der Waals surface area contributed by atoms with Gasteiger partial charge in [0.15, 0.2) is 0 Å². The van der Waals surface area contributed by atoms with E-state index in [1.165, 1.54) is 0 Å². The second-order valence-electron chi connectivity index (χ2n) is 7.49. The summed E-state index contributed by atoms with van der Waals surface area (Å²) in [6, 6.07) is 8.47. The van der Waals surface area contributed by atoms with Crippen LogP contribution in [0.3, 0.4) is 0 Å². The number of halogens is 4. The zero-order valence-corrected chi connectivity index (χ0v) is 18.5. The average Bonchev–Trinajstić information content (AvgIpc) is 2.72. The lowest BCUT2D eigenvalue weighted by Gasteiger charge is -2.29. The summed E-state index contributed by atoms with van der Waals surface area (Å²) in [7, 11) is 0. The Morgan fingerprint density at radius 2 is 1.66 bits per heavy atom. The van der Waals surface area contributed by atoms with Crippen LogP contribution in [0.2, 0.25) is 5.02 Å². The standard InChI is InChI=1S/C23H26ClF3N2O3/c1-15(16-5-7-17(24)8-6-16)29(10-2-4-23(31)32)11-3-9-28-22(30)14-19-20(26)12-18(25)13-21(19)27/h5-8,12-13,15H,2-4,9-11,14H2,1H3,(H,28,30)(H,31,32). The topological polar surface area (TPSA) is 69.6 Å². The maximum absolute atomic E-state index is 13.7. The van der Waals surface area contributed by atoms with Crippen LogP contribution in [0.25, 0.3) is 0 Å². The minimum atomic E-state index is -1.10. The summed E-state index contributed by atoms with van der Waals surface area (Å²) < 4.78 is 40.4. The highest BCUT2D eigenvalue weighted by atomic mass is 35.5. The normalized spacial score (nSPS) is 12.1. The minimum Gasteiger partial charge on any atom is -0.481 e. The van der Waals surface area contributed by atoms with Crippen LogP contribution in [0.1, 0.15) is 43.4 Å². The molecule has 2 aromatic rings. The van der Waals surface area contributed by atoms with E-state index in [-0.39, 0.29) is 19.0 Å². The van der Waals surface area contributed by atoms with Crippen molar-refractivity contribution in [3.63, 3.8) is 0 Å². The third kappa shape index (κ3) is 8.16. The SMILES string of the molecule is CC(c1ccc(Cl)cc1)N(CCCNC(=O)Cc1c(F)cc(F)cc1F)CCCC(=O)O. The fourth-order valence-corrected chi connectivity index (χ4v) is 3.48. The molecule has 1 amide bonds. The summed E-state index contributed by atoms with van der Waals surface area (Å²) in [6.07, 6.45) is 0.546. The van der Waals surface area contributed by atoms with Crippen molar-refractivity contribution in [2.45, 2.75) is 38.6 Å². The van der Waals surface area contributed by atoms with Gasteiger partial charge in [-0.25, -0.2) is 13.2 Å². The number of aliphatic carboxylic acids is 1. The number of carboxylic acids is 1. The molecule has 1 atom stereocenters. The number of hydrogen-bond donors (Lipinski definition) is 2. The van der Waals surface area contributed by atoms with E-state index in [1.54, 1.807) is 12.1 Å². The van der Waals surface area contributed by atoms with Crippen molar-refractivity contribution >= 4 is 23.5 Å². The number of nitrogens with one attached hydrogen (secondary N) is 1. The Morgan fingerprint density at radius 1 is 1.06 bits per heavy atom. The molecule has 2 N–H and O–H groups in total. The molecule has 9 heteroatoms. The molecule has 0 radical (unpaired) electrons. The molecule has 1 unspecified atom stereocenters. The third-order valence-corrected chi connectivity index (χ3v) is 5.38. The lowest BCUT2D eigenvalue weighted by molar-refractivity contribution is -0.137. The van der Waals surface area contributed by atoms with Crippen LogP contribution >= 0.6 is 11.6 Å². The van der Waals surface area contributed by atoms with Crippen LogP contribution in [0.15, 0.2) is 36.4 Å². The highest BCUT2D eigenvalue weighted by Gasteiger charge is 2.17. The molecule has 0 spiro atoms. The molecule has 5 nitrogen and oxygen atoms in total. The fourth-order valence-electron chi connectivity index (χ4n) is 3.36. The van der Waals surface area contributed by atoms with Gasteiger partial charge in [-0.05, 0) is 44.0 Å². The summed E-state index contributed by atoms with van der Waals surface area (Å²) in [6.45, 7) is 3.40. The Kier molecular flexibility index (Phi) is 9.99. The smallest absolute Gasteiger partial charge is 0.303 e. The molecule has 0 saturated carbocycles.